The Kier molecular flexibility index (Phi) is 4.48. The lowest BCUT2D eigenvalue weighted by atomic mass is 10.0. The number of carbonyl (C=O) groups excluding carboxylic acids is 1. The van der Waals surface area contributed by atoms with Crippen LogP contribution in [0, 0.1) is 21.4 Å². The van der Waals surface area contributed by atoms with Crippen LogP contribution in [0.25, 0.3) is 0 Å². The summed E-state index contributed by atoms with van der Waals surface area (Å²) >= 11 is 0. The molecule has 1 atom stereocenters. The van der Waals surface area contributed by atoms with E-state index in [4.69, 9.17) is 0 Å². The fourth-order valence-electron chi connectivity index (χ4n) is 3.24. The Bertz CT molecular complexity index is 867. The molecule has 1 aromatic carbocycles. The van der Waals surface area contributed by atoms with Crippen LogP contribution >= 0.6 is 0 Å². The number of aryl methyl sites for hydroxylation is 1. The van der Waals surface area contributed by atoms with Crippen molar-refractivity contribution in [1.82, 2.24) is 9.78 Å². The molecular weight excluding hydrogens is 322 g/mol. The van der Waals surface area contributed by atoms with Crippen molar-refractivity contribution < 1.29 is 9.72 Å². The van der Waals surface area contributed by atoms with Crippen LogP contribution in [0.4, 0.5) is 11.4 Å². The molecule has 2 aromatic rings. The average molecular weight is 339 g/mol. The Hall–Kier alpha value is -3.21. The number of nitrogens with zero attached hydrogens (tertiary/aromatic N) is 5. The van der Waals surface area contributed by atoms with Gasteiger partial charge in [0.25, 0.3) is 5.69 Å². The molecule has 1 unspecified atom stereocenters. The summed E-state index contributed by atoms with van der Waals surface area (Å²) in [5.74, 6) is 0.00502. The minimum absolute atomic E-state index is 0.00502. The van der Waals surface area contributed by atoms with E-state index < -0.39 is 4.92 Å². The highest BCUT2D eigenvalue weighted by Crippen LogP contribution is 2.32. The minimum Gasteiger partial charge on any atom is -0.367 e. The number of hydrogen-bond donors (Lipinski definition) is 0. The van der Waals surface area contributed by atoms with Crippen molar-refractivity contribution in [1.29, 1.82) is 5.26 Å². The Morgan fingerprint density at radius 3 is 2.96 bits per heavy atom. The Morgan fingerprint density at radius 1 is 1.52 bits per heavy atom. The van der Waals surface area contributed by atoms with E-state index in [0.29, 0.717) is 17.7 Å². The molecule has 0 N–H and O–H groups in total. The van der Waals surface area contributed by atoms with E-state index in [-0.39, 0.29) is 23.1 Å². The molecular formula is C17H17N5O3. The van der Waals surface area contributed by atoms with Gasteiger partial charge in [-0.1, -0.05) is 0 Å². The van der Waals surface area contributed by atoms with Crippen molar-refractivity contribution in [2.45, 2.75) is 25.3 Å². The van der Waals surface area contributed by atoms with Crippen LogP contribution < -0.4 is 4.90 Å². The average Bonchev–Trinajstić information content (AvgIpc) is 3.23. The number of carbonyl (C=O) groups is 1. The lowest BCUT2D eigenvalue weighted by Crippen LogP contribution is -2.31. The summed E-state index contributed by atoms with van der Waals surface area (Å²) in [4.78, 5) is 24.8. The summed E-state index contributed by atoms with van der Waals surface area (Å²) in [5.41, 5.74) is 1.37. The van der Waals surface area contributed by atoms with E-state index in [1.54, 1.807) is 30.2 Å². The van der Waals surface area contributed by atoms with Gasteiger partial charge in [-0.15, -0.1) is 0 Å². The van der Waals surface area contributed by atoms with Gasteiger partial charge in [0.2, 0.25) is 0 Å². The van der Waals surface area contributed by atoms with Crippen LogP contribution in [0.15, 0.2) is 30.6 Å². The molecule has 0 bridgehead atoms. The lowest BCUT2D eigenvalue weighted by Gasteiger charge is -2.27. The molecule has 1 aliphatic rings. The van der Waals surface area contributed by atoms with Crippen LogP contribution in [0.3, 0.4) is 0 Å². The highest BCUT2D eigenvalue weighted by molar-refractivity contribution is 5.96. The molecule has 1 aromatic heterocycles. The van der Waals surface area contributed by atoms with E-state index in [9.17, 15) is 20.2 Å². The zero-order valence-corrected chi connectivity index (χ0v) is 13.8. The van der Waals surface area contributed by atoms with Crippen LogP contribution in [0.2, 0.25) is 0 Å². The van der Waals surface area contributed by atoms with Crippen molar-refractivity contribution in [3.05, 3.63) is 51.8 Å². The van der Waals surface area contributed by atoms with E-state index >= 15 is 0 Å². The van der Waals surface area contributed by atoms with Gasteiger partial charge in [-0.3, -0.25) is 19.6 Å². The Balaban J connectivity index is 1.83. The van der Waals surface area contributed by atoms with Gasteiger partial charge in [0, 0.05) is 44.4 Å². The number of non-ortho nitro benzene ring substituents is 1. The SMILES string of the molecule is Cn1cc(C(=O)CC2CCCN2c2ccc([N+](=O)[O-])cc2C#N)cn1. The molecule has 8 heteroatoms. The van der Waals surface area contributed by atoms with Gasteiger partial charge in [0.1, 0.15) is 6.07 Å². The standard InChI is InChI=1S/C17H17N5O3/c1-20-11-13(10-19-20)17(23)8-14-3-2-6-21(14)16-5-4-15(22(24)25)7-12(16)9-18/h4-5,7,10-11,14H,2-3,6,8H2,1H3. The van der Waals surface area contributed by atoms with Crippen molar-refractivity contribution in [3.63, 3.8) is 0 Å². The predicted octanol–water partition coefficient (Wildman–Crippen LogP) is 2.44. The molecule has 25 heavy (non-hydrogen) atoms. The van der Waals surface area contributed by atoms with Crippen LogP contribution in [0.1, 0.15) is 35.2 Å². The van der Waals surface area contributed by atoms with Crippen molar-refractivity contribution in [2.75, 3.05) is 11.4 Å². The van der Waals surface area contributed by atoms with Gasteiger partial charge in [-0.2, -0.15) is 10.4 Å². The number of hydrogen-bond acceptors (Lipinski definition) is 6. The third-order valence-electron chi connectivity index (χ3n) is 4.45. The number of nitro benzene ring substituents is 1. The predicted molar refractivity (Wildman–Crippen MR) is 90.3 cm³/mol. The molecule has 0 saturated carbocycles. The molecule has 1 saturated heterocycles. The summed E-state index contributed by atoms with van der Waals surface area (Å²) in [6, 6.07) is 6.29. The lowest BCUT2D eigenvalue weighted by molar-refractivity contribution is -0.384. The maximum atomic E-state index is 12.5. The Morgan fingerprint density at radius 2 is 2.32 bits per heavy atom. The first kappa shape index (κ1) is 16.6. The number of nitro groups is 1. The second-order valence-electron chi connectivity index (χ2n) is 6.09. The maximum absolute atomic E-state index is 12.5. The van der Waals surface area contributed by atoms with Crippen LogP contribution in [0.5, 0.6) is 0 Å². The highest BCUT2D eigenvalue weighted by atomic mass is 16.6. The summed E-state index contributed by atoms with van der Waals surface area (Å²) in [6.07, 6.45) is 5.32. The molecule has 0 radical (unpaired) electrons. The number of nitriles is 1. The number of ketones is 1. The van der Waals surface area contributed by atoms with E-state index in [1.807, 2.05) is 11.0 Å². The number of Topliss-reactive ketones (excluding diaryl/α,β-unsaturated/α-hetero) is 1. The molecule has 2 heterocycles. The largest absolute Gasteiger partial charge is 0.367 e. The molecule has 8 nitrogen and oxygen atoms in total. The van der Waals surface area contributed by atoms with Crippen molar-refractivity contribution >= 4 is 17.2 Å². The van der Waals surface area contributed by atoms with E-state index in [0.717, 1.165) is 19.4 Å². The first-order valence-electron chi connectivity index (χ1n) is 7.96. The second kappa shape index (κ2) is 6.73. The maximum Gasteiger partial charge on any atom is 0.270 e. The van der Waals surface area contributed by atoms with Gasteiger partial charge < -0.3 is 4.90 Å². The van der Waals surface area contributed by atoms with Crippen molar-refractivity contribution in [3.8, 4) is 6.07 Å². The third kappa shape index (κ3) is 3.35. The fraction of sp³-hybridized carbons (Fsp3) is 0.353. The zero-order chi connectivity index (χ0) is 18.0. The highest BCUT2D eigenvalue weighted by Gasteiger charge is 2.29. The number of aromatic nitrogens is 2. The smallest absolute Gasteiger partial charge is 0.270 e. The summed E-state index contributed by atoms with van der Waals surface area (Å²) in [7, 11) is 1.76. The van der Waals surface area contributed by atoms with Crippen LogP contribution in [-0.2, 0) is 7.05 Å². The fourth-order valence-corrected chi connectivity index (χ4v) is 3.24. The topological polar surface area (TPSA) is 105 Å². The van der Waals surface area contributed by atoms with Crippen LogP contribution in [-0.4, -0.2) is 33.1 Å². The number of anilines is 1. The molecule has 1 fully saturated rings. The minimum atomic E-state index is -0.516. The molecule has 0 spiro atoms. The van der Waals surface area contributed by atoms with Gasteiger partial charge >= 0.3 is 0 Å². The molecule has 3 rings (SSSR count). The van der Waals surface area contributed by atoms with E-state index in [2.05, 4.69) is 5.10 Å². The quantitative estimate of drug-likeness (QED) is 0.470. The zero-order valence-electron chi connectivity index (χ0n) is 13.8. The molecule has 0 amide bonds. The summed E-state index contributed by atoms with van der Waals surface area (Å²) in [5, 5.41) is 24.3. The van der Waals surface area contributed by atoms with Gasteiger partial charge in [-0.05, 0) is 18.9 Å². The monoisotopic (exact) mass is 339 g/mol. The first-order chi connectivity index (χ1) is 12.0. The number of rotatable bonds is 5. The first-order valence-corrected chi connectivity index (χ1v) is 7.96. The summed E-state index contributed by atoms with van der Waals surface area (Å²) < 4.78 is 1.59. The molecule has 128 valence electrons. The van der Waals surface area contributed by atoms with Gasteiger partial charge in [-0.25, -0.2) is 0 Å². The van der Waals surface area contributed by atoms with Gasteiger partial charge in [0.05, 0.1) is 27.9 Å². The molecule has 0 aliphatic carbocycles. The van der Waals surface area contributed by atoms with E-state index in [1.165, 1.54) is 12.1 Å². The second-order valence-corrected chi connectivity index (χ2v) is 6.09. The summed E-state index contributed by atoms with van der Waals surface area (Å²) in [6.45, 7) is 0.720. The normalized spacial score (nSPS) is 16.6. The van der Waals surface area contributed by atoms with Crippen molar-refractivity contribution in [2.24, 2.45) is 7.05 Å². The Labute approximate surface area is 144 Å². The third-order valence-corrected chi connectivity index (χ3v) is 4.45. The molecule has 1 aliphatic heterocycles. The number of benzene rings is 1. The van der Waals surface area contributed by atoms with Gasteiger partial charge in [0.15, 0.2) is 5.78 Å².